The van der Waals surface area contributed by atoms with Crippen molar-refractivity contribution in [2.75, 3.05) is 50.9 Å². The number of pyridine rings is 1. The first-order valence-corrected chi connectivity index (χ1v) is 10.4. The molecule has 2 aliphatic rings. The van der Waals surface area contributed by atoms with Crippen molar-refractivity contribution in [2.24, 2.45) is 10.2 Å². The number of carbonyl (C=O) groups excluding carboxylic acids is 1. The maximum Gasteiger partial charge on any atom is 0.415 e. The number of piperidine rings is 1. The zero-order chi connectivity index (χ0) is 21.6. The van der Waals surface area contributed by atoms with Crippen molar-refractivity contribution in [1.82, 2.24) is 14.8 Å². The third-order valence-electron chi connectivity index (χ3n) is 5.54. The minimum Gasteiger partial charge on any atom is -0.406 e. The average molecular weight is 425 g/mol. The Morgan fingerprint density at radius 1 is 1.03 bits per heavy atom. The smallest absolute Gasteiger partial charge is 0.406 e. The molecule has 164 valence electrons. The Balaban J connectivity index is 1.38. The summed E-state index contributed by atoms with van der Waals surface area (Å²) in [7, 11) is 0. The van der Waals surface area contributed by atoms with Gasteiger partial charge in [-0.1, -0.05) is 18.2 Å². The second-order valence-corrected chi connectivity index (χ2v) is 7.55. The highest BCUT2D eigenvalue weighted by Crippen LogP contribution is 2.32. The van der Waals surface area contributed by atoms with Crippen molar-refractivity contribution in [3.05, 3.63) is 36.4 Å². The van der Waals surface area contributed by atoms with Gasteiger partial charge in [-0.05, 0) is 25.0 Å². The molecule has 2 aliphatic heterocycles. The van der Waals surface area contributed by atoms with Gasteiger partial charge in [0.15, 0.2) is 17.4 Å². The number of azo groups is 1. The molecule has 2 aromatic rings. The van der Waals surface area contributed by atoms with Crippen LogP contribution in [-0.4, -0.2) is 66.3 Å². The van der Waals surface area contributed by atoms with Gasteiger partial charge in [0.05, 0.1) is 18.9 Å². The number of nitrogens with two attached hydrogens (primary N) is 2. The lowest BCUT2D eigenvalue weighted by Gasteiger charge is -2.39. The van der Waals surface area contributed by atoms with E-state index < -0.39 is 6.09 Å². The molecule has 4 N–H and O–H groups in total. The number of likely N-dealkylation sites (tertiary alicyclic amines) is 1. The van der Waals surface area contributed by atoms with E-state index in [2.05, 4.69) is 20.1 Å². The standard InChI is InChI=1S/C21H27N7O3/c22-19-17(26-25-15-4-2-1-3-5-15)14-18(20(23)24-19)31-21(29)28-8-6-16(7-9-28)27-10-12-30-13-11-27/h1-5,14,16H,6-13H2,(H4,22,23,24). The Labute approximate surface area is 180 Å². The van der Waals surface area contributed by atoms with Crippen LogP contribution < -0.4 is 16.2 Å². The summed E-state index contributed by atoms with van der Waals surface area (Å²) in [5, 5.41) is 8.25. The number of hydrogen-bond donors (Lipinski definition) is 2. The van der Waals surface area contributed by atoms with E-state index in [-0.39, 0.29) is 23.1 Å². The summed E-state index contributed by atoms with van der Waals surface area (Å²) >= 11 is 0. The molecule has 0 atom stereocenters. The third-order valence-corrected chi connectivity index (χ3v) is 5.54. The number of nitrogen functional groups attached to an aromatic ring is 2. The highest BCUT2D eigenvalue weighted by molar-refractivity contribution is 5.75. The molecule has 10 heteroatoms. The zero-order valence-electron chi connectivity index (χ0n) is 17.3. The Hall–Kier alpha value is -3.24. The predicted octanol–water partition coefficient (Wildman–Crippen LogP) is 2.96. The maximum absolute atomic E-state index is 12.7. The summed E-state index contributed by atoms with van der Waals surface area (Å²) in [4.78, 5) is 20.9. The Kier molecular flexibility index (Phi) is 6.58. The van der Waals surface area contributed by atoms with Gasteiger partial charge in [0.25, 0.3) is 0 Å². The van der Waals surface area contributed by atoms with Crippen LogP contribution in [0.1, 0.15) is 12.8 Å². The second-order valence-electron chi connectivity index (χ2n) is 7.55. The van der Waals surface area contributed by atoms with Crippen LogP contribution in [0.25, 0.3) is 0 Å². The fraction of sp³-hybridized carbons (Fsp3) is 0.429. The summed E-state index contributed by atoms with van der Waals surface area (Å²) in [5.74, 6) is 0.271. The van der Waals surface area contributed by atoms with Gasteiger partial charge in [0, 0.05) is 38.3 Å². The predicted molar refractivity (Wildman–Crippen MR) is 117 cm³/mol. The maximum atomic E-state index is 12.7. The molecule has 0 unspecified atom stereocenters. The second kappa shape index (κ2) is 9.71. The minimum absolute atomic E-state index is 0.0349. The topological polar surface area (TPSA) is 132 Å². The number of morpholine rings is 1. The highest BCUT2D eigenvalue weighted by atomic mass is 16.6. The Morgan fingerprint density at radius 3 is 2.45 bits per heavy atom. The molecular formula is C21H27N7O3. The quantitative estimate of drug-likeness (QED) is 0.720. The van der Waals surface area contributed by atoms with Crippen molar-refractivity contribution in [2.45, 2.75) is 18.9 Å². The molecule has 0 bridgehead atoms. The van der Waals surface area contributed by atoms with E-state index in [1.807, 2.05) is 30.3 Å². The lowest BCUT2D eigenvalue weighted by Crippen LogP contribution is -2.50. The monoisotopic (exact) mass is 425 g/mol. The van der Waals surface area contributed by atoms with Crippen molar-refractivity contribution in [3.8, 4) is 5.75 Å². The molecule has 0 aliphatic carbocycles. The van der Waals surface area contributed by atoms with E-state index in [9.17, 15) is 4.79 Å². The number of benzene rings is 1. The van der Waals surface area contributed by atoms with E-state index in [4.69, 9.17) is 20.9 Å². The third kappa shape index (κ3) is 5.28. The van der Waals surface area contributed by atoms with Crippen LogP contribution in [0.2, 0.25) is 0 Å². The van der Waals surface area contributed by atoms with E-state index in [0.29, 0.717) is 24.8 Å². The lowest BCUT2D eigenvalue weighted by atomic mass is 10.0. The van der Waals surface area contributed by atoms with Crippen LogP contribution in [0.3, 0.4) is 0 Å². The number of ether oxygens (including phenoxy) is 2. The minimum atomic E-state index is -0.454. The number of amides is 1. The van der Waals surface area contributed by atoms with Crippen LogP contribution in [0.4, 0.5) is 27.8 Å². The fourth-order valence-corrected chi connectivity index (χ4v) is 3.80. The summed E-state index contributed by atoms with van der Waals surface area (Å²) in [6.45, 7) is 4.70. The number of nitrogens with zero attached hydrogens (tertiary/aromatic N) is 5. The van der Waals surface area contributed by atoms with Gasteiger partial charge in [0.1, 0.15) is 5.69 Å². The zero-order valence-corrected chi connectivity index (χ0v) is 17.3. The highest BCUT2D eigenvalue weighted by Gasteiger charge is 2.29. The number of aromatic nitrogens is 1. The van der Waals surface area contributed by atoms with E-state index in [1.54, 1.807) is 4.90 Å². The van der Waals surface area contributed by atoms with Gasteiger partial charge >= 0.3 is 6.09 Å². The molecular weight excluding hydrogens is 398 g/mol. The summed E-state index contributed by atoms with van der Waals surface area (Å²) in [5.41, 5.74) is 12.8. The first-order chi connectivity index (χ1) is 15.1. The molecule has 0 spiro atoms. The largest absolute Gasteiger partial charge is 0.415 e. The molecule has 4 rings (SSSR count). The molecule has 3 heterocycles. The van der Waals surface area contributed by atoms with Gasteiger partial charge < -0.3 is 25.8 Å². The van der Waals surface area contributed by atoms with Crippen molar-refractivity contribution in [1.29, 1.82) is 0 Å². The van der Waals surface area contributed by atoms with Crippen LogP contribution in [-0.2, 0) is 4.74 Å². The first-order valence-electron chi connectivity index (χ1n) is 10.4. The average Bonchev–Trinajstić information content (AvgIpc) is 2.81. The Morgan fingerprint density at radius 2 is 1.74 bits per heavy atom. The summed E-state index contributed by atoms with van der Waals surface area (Å²) in [6, 6.07) is 11.2. The normalized spacial score (nSPS) is 18.4. The summed E-state index contributed by atoms with van der Waals surface area (Å²) in [6.07, 6.45) is 1.35. The number of rotatable bonds is 4. The van der Waals surface area contributed by atoms with Crippen molar-refractivity contribution < 1.29 is 14.3 Å². The number of anilines is 2. The van der Waals surface area contributed by atoms with E-state index in [1.165, 1.54) is 6.07 Å². The molecule has 31 heavy (non-hydrogen) atoms. The van der Waals surface area contributed by atoms with Crippen LogP contribution in [0, 0.1) is 0 Å². The fourth-order valence-electron chi connectivity index (χ4n) is 3.80. The van der Waals surface area contributed by atoms with Crippen molar-refractivity contribution >= 4 is 29.1 Å². The molecule has 0 radical (unpaired) electrons. The summed E-state index contributed by atoms with van der Waals surface area (Å²) < 4.78 is 10.9. The molecule has 10 nitrogen and oxygen atoms in total. The lowest BCUT2D eigenvalue weighted by molar-refractivity contribution is 0.00235. The van der Waals surface area contributed by atoms with Crippen LogP contribution >= 0.6 is 0 Å². The SMILES string of the molecule is Nc1nc(N)c(OC(=O)N2CCC(N3CCOCC3)CC2)cc1N=Nc1ccccc1. The number of carbonyl (C=O) groups is 1. The van der Waals surface area contributed by atoms with E-state index in [0.717, 1.165) is 39.1 Å². The van der Waals surface area contributed by atoms with Gasteiger partial charge in [-0.3, -0.25) is 4.90 Å². The number of hydrogen-bond acceptors (Lipinski definition) is 9. The van der Waals surface area contributed by atoms with Gasteiger partial charge in [-0.2, -0.15) is 5.11 Å². The Bertz CT molecular complexity index is 924. The molecule has 2 saturated heterocycles. The van der Waals surface area contributed by atoms with Crippen molar-refractivity contribution in [3.63, 3.8) is 0 Å². The molecule has 0 saturated carbocycles. The van der Waals surface area contributed by atoms with Crippen LogP contribution in [0.15, 0.2) is 46.6 Å². The van der Waals surface area contributed by atoms with Crippen LogP contribution in [0.5, 0.6) is 5.75 Å². The van der Waals surface area contributed by atoms with Gasteiger partial charge in [-0.25, -0.2) is 9.78 Å². The van der Waals surface area contributed by atoms with E-state index >= 15 is 0 Å². The van der Waals surface area contributed by atoms with Gasteiger partial charge in [-0.15, -0.1) is 5.11 Å². The first kappa shape index (κ1) is 21.0. The molecule has 1 amide bonds. The molecule has 1 aromatic heterocycles. The van der Waals surface area contributed by atoms with Gasteiger partial charge in [0.2, 0.25) is 0 Å². The molecule has 2 fully saturated rings. The molecule has 1 aromatic carbocycles.